The largest absolute Gasteiger partial charge is 0.539 e. The van der Waals surface area contributed by atoms with Gasteiger partial charge in [0.2, 0.25) is 12.1 Å². The second-order valence-electron chi connectivity index (χ2n) is 4.03. The highest BCUT2D eigenvalue weighted by molar-refractivity contribution is 5.91. The first kappa shape index (κ1) is 13.5. The van der Waals surface area contributed by atoms with Crippen molar-refractivity contribution in [1.82, 2.24) is 5.27 Å². The zero-order valence-electron chi connectivity index (χ0n) is 10.6. The summed E-state index contributed by atoms with van der Waals surface area (Å²) < 4.78 is 5.41. The summed E-state index contributed by atoms with van der Waals surface area (Å²) >= 11 is 0. The second kappa shape index (κ2) is 5.83. The number of aromatic nitrogens is 2. The molecule has 20 heavy (non-hydrogen) atoms. The maximum atomic E-state index is 11.7. The van der Waals surface area contributed by atoms with Gasteiger partial charge in [-0.1, -0.05) is 4.68 Å². The van der Waals surface area contributed by atoms with Gasteiger partial charge in [-0.05, 0) is 24.3 Å². The first-order chi connectivity index (χ1) is 9.52. The van der Waals surface area contributed by atoms with Gasteiger partial charge in [0.25, 0.3) is 12.5 Å². The zero-order chi connectivity index (χ0) is 14.5. The van der Waals surface area contributed by atoms with E-state index in [1.807, 2.05) is 0 Å². The van der Waals surface area contributed by atoms with Gasteiger partial charge in [-0.15, -0.1) is 0 Å². The monoisotopic (exact) mass is 276 g/mol. The molecule has 0 aliphatic heterocycles. The van der Waals surface area contributed by atoms with E-state index in [0.29, 0.717) is 11.4 Å². The number of anilines is 2. The van der Waals surface area contributed by atoms with Crippen molar-refractivity contribution in [3.8, 4) is 5.95 Å². The molecule has 1 aromatic heterocycles. The van der Waals surface area contributed by atoms with E-state index >= 15 is 0 Å². The SMILES string of the molecule is CC(=O)Nc1ccc(NC(=O)C[n+]2cc([O-])on2)cc1. The Balaban J connectivity index is 1.92. The molecule has 8 heteroatoms. The van der Waals surface area contributed by atoms with Crippen molar-refractivity contribution in [2.75, 3.05) is 10.6 Å². The van der Waals surface area contributed by atoms with Crippen LogP contribution < -0.4 is 20.4 Å². The lowest BCUT2D eigenvalue weighted by Crippen LogP contribution is -2.41. The third-order valence-electron chi connectivity index (χ3n) is 2.28. The molecule has 0 aliphatic rings. The van der Waals surface area contributed by atoms with E-state index in [1.165, 1.54) is 6.92 Å². The van der Waals surface area contributed by atoms with Crippen LogP contribution in [0.25, 0.3) is 0 Å². The van der Waals surface area contributed by atoms with Crippen molar-refractivity contribution < 1.29 is 23.9 Å². The Kier molecular flexibility index (Phi) is 3.94. The van der Waals surface area contributed by atoms with Gasteiger partial charge in [0.05, 0.1) is 5.27 Å². The number of nitrogens with one attached hydrogen (secondary N) is 2. The minimum atomic E-state index is -0.613. The summed E-state index contributed by atoms with van der Waals surface area (Å²) in [6, 6.07) is 6.62. The van der Waals surface area contributed by atoms with Crippen LogP contribution in [0.15, 0.2) is 35.0 Å². The van der Waals surface area contributed by atoms with Crippen LogP contribution in [0.2, 0.25) is 0 Å². The lowest BCUT2D eigenvalue weighted by molar-refractivity contribution is -0.750. The molecule has 2 N–H and O–H groups in total. The third-order valence-corrected chi connectivity index (χ3v) is 2.28. The average molecular weight is 276 g/mol. The predicted octanol–water partition coefficient (Wildman–Crippen LogP) is -0.367. The Bertz CT molecular complexity index is 621. The summed E-state index contributed by atoms with van der Waals surface area (Å²) in [7, 11) is 0. The van der Waals surface area contributed by atoms with E-state index in [1.54, 1.807) is 24.3 Å². The van der Waals surface area contributed by atoms with Crippen LogP contribution in [0.3, 0.4) is 0 Å². The van der Waals surface area contributed by atoms with E-state index in [4.69, 9.17) is 0 Å². The minimum Gasteiger partial charge on any atom is -0.539 e. The molecule has 2 amide bonds. The third kappa shape index (κ3) is 3.80. The van der Waals surface area contributed by atoms with Crippen molar-refractivity contribution in [2.24, 2.45) is 0 Å². The second-order valence-corrected chi connectivity index (χ2v) is 4.03. The van der Waals surface area contributed by atoms with Gasteiger partial charge in [0.15, 0.2) is 0 Å². The predicted molar refractivity (Wildman–Crippen MR) is 65.5 cm³/mol. The molecule has 0 saturated carbocycles. The number of hydrogen-bond acceptors (Lipinski definition) is 5. The molecular weight excluding hydrogens is 264 g/mol. The minimum absolute atomic E-state index is 0.126. The van der Waals surface area contributed by atoms with E-state index in [9.17, 15) is 14.7 Å². The fourth-order valence-corrected chi connectivity index (χ4v) is 1.52. The van der Waals surface area contributed by atoms with E-state index in [0.717, 1.165) is 10.9 Å². The molecule has 1 aromatic carbocycles. The number of carbonyl (C=O) groups excluding carboxylic acids is 2. The van der Waals surface area contributed by atoms with Crippen LogP contribution in [0.4, 0.5) is 11.4 Å². The molecule has 0 unspecified atom stereocenters. The summed E-state index contributed by atoms with van der Waals surface area (Å²) in [6.07, 6.45) is 1.08. The summed E-state index contributed by atoms with van der Waals surface area (Å²) in [5.41, 5.74) is 1.20. The smallest absolute Gasteiger partial charge is 0.292 e. The van der Waals surface area contributed by atoms with Gasteiger partial charge in [0, 0.05) is 18.3 Å². The average Bonchev–Trinajstić information content (AvgIpc) is 2.76. The molecule has 104 valence electrons. The Morgan fingerprint density at radius 3 is 2.35 bits per heavy atom. The Morgan fingerprint density at radius 2 is 1.85 bits per heavy atom. The van der Waals surface area contributed by atoms with Crippen molar-refractivity contribution in [2.45, 2.75) is 13.5 Å². The normalized spacial score (nSPS) is 10.1. The number of amides is 2. The van der Waals surface area contributed by atoms with Crippen LogP contribution in [0.1, 0.15) is 6.92 Å². The van der Waals surface area contributed by atoms with E-state index < -0.39 is 5.95 Å². The number of nitrogens with zero attached hydrogens (tertiary/aromatic N) is 2. The molecule has 0 aliphatic carbocycles. The van der Waals surface area contributed by atoms with Crippen LogP contribution >= 0.6 is 0 Å². The first-order valence-corrected chi connectivity index (χ1v) is 5.74. The molecule has 0 radical (unpaired) electrons. The first-order valence-electron chi connectivity index (χ1n) is 5.74. The summed E-state index contributed by atoms with van der Waals surface area (Å²) in [5, 5.41) is 19.3. The Hall–Kier alpha value is -2.90. The van der Waals surface area contributed by atoms with Gasteiger partial charge >= 0.3 is 0 Å². The lowest BCUT2D eigenvalue weighted by atomic mass is 10.2. The highest BCUT2D eigenvalue weighted by atomic mass is 16.6. The molecule has 2 rings (SSSR count). The Labute approximate surface area is 114 Å². The molecular formula is C12H12N4O4. The molecule has 0 fully saturated rings. The van der Waals surface area contributed by atoms with E-state index in [-0.39, 0.29) is 18.4 Å². The maximum Gasteiger partial charge on any atom is 0.292 e. The van der Waals surface area contributed by atoms with Gasteiger partial charge < -0.3 is 20.3 Å². The highest BCUT2D eigenvalue weighted by Gasteiger charge is 2.12. The van der Waals surface area contributed by atoms with Gasteiger partial charge in [-0.3, -0.25) is 9.59 Å². The fourth-order valence-electron chi connectivity index (χ4n) is 1.52. The summed E-state index contributed by atoms with van der Waals surface area (Å²) in [6.45, 7) is 1.29. The van der Waals surface area contributed by atoms with Crippen LogP contribution in [-0.4, -0.2) is 17.1 Å². The Morgan fingerprint density at radius 1 is 1.25 bits per heavy atom. The number of benzene rings is 1. The number of rotatable bonds is 4. The van der Waals surface area contributed by atoms with Gasteiger partial charge in [-0.25, -0.2) is 0 Å². The quantitative estimate of drug-likeness (QED) is 0.740. The molecule has 0 saturated heterocycles. The summed E-state index contributed by atoms with van der Waals surface area (Å²) in [5.74, 6) is -1.13. The van der Waals surface area contributed by atoms with E-state index in [2.05, 4.69) is 20.4 Å². The zero-order valence-corrected chi connectivity index (χ0v) is 10.6. The van der Waals surface area contributed by atoms with Crippen LogP contribution in [-0.2, 0) is 16.1 Å². The van der Waals surface area contributed by atoms with Crippen molar-refractivity contribution in [1.29, 1.82) is 0 Å². The topological polar surface area (TPSA) is 111 Å². The molecule has 0 spiro atoms. The molecule has 0 bridgehead atoms. The van der Waals surface area contributed by atoms with Crippen molar-refractivity contribution in [3.63, 3.8) is 0 Å². The fraction of sp³-hybridized carbons (Fsp3) is 0.167. The molecule has 2 aromatic rings. The highest BCUT2D eigenvalue weighted by Crippen LogP contribution is 2.13. The number of hydrogen-bond donors (Lipinski definition) is 2. The maximum absolute atomic E-state index is 11.7. The van der Waals surface area contributed by atoms with Crippen LogP contribution in [0.5, 0.6) is 5.95 Å². The van der Waals surface area contributed by atoms with Gasteiger partial charge in [0.1, 0.15) is 5.95 Å². The number of carbonyl (C=O) groups is 2. The molecule has 0 atom stereocenters. The lowest BCUT2D eigenvalue weighted by Gasteiger charge is -2.05. The van der Waals surface area contributed by atoms with Crippen molar-refractivity contribution >= 4 is 23.2 Å². The standard InChI is InChI=1S/C12H11N4O4/c1-8(17)13-9-2-4-10(5-3-9)14-11(18)6-16-7-12(19)20-15-16/h2-5,7,19H,6H2,1H3/q-1/p+1. The van der Waals surface area contributed by atoms with Crippen LogP contribution in [0, 0.1) is 0 Å². The molecule has 1 heterocycles. The summed E-state index contributed by atoms with van der Waals surface area (Å²) in [4.78, 5) is 22.5. The molecule has 8 nitrogen and oxygen atoms in total. The van der Waals surface area contributed by atoms with Gasteiger partial charge in [-0.2, -0.15) is 0 Å². The van der Waals surface area contributed by atoms with Crippen molar-refractivity contribution in [3.05, 3.63) is 30.5 Å².